The molecular weight excluding hydrogens is 632 g/mol. The van der Waals surface area contributed by atoms with E-state index in [1.165, 1.54) is 9.36 Å². The summed E-state index contributed by atoms with van der Waals surface area (Å²) in [7, 11) is 0.462. The summed E-state index contributed by atoms with van der Waals surface area (Å²) in [6.45, 7) is 15.3. The number of rotatable bonds is 7. The number of piperidine rings is 1. The van der Waals surface area contributed by atoms with Crippen molar-refractivity contribution >= 4 is 50.0 Å². The molecule has 1 N–H and O–H groups in total. The summed E-state index contributed by atoms with van der Waals surface area (Å²) in [5.74, 6) is 0.148. The van der Waals surface area contributed by atoms with Crippen molar-refractivity contribution in [2.45, 2.75) is 89.6 Å². The number of nitrogens with one attached hydrogen (secondary N) is 1. The van der Waals surface area contributed by atoms with Crippen molar-refractivity contribution < 1.29 is 21.7 Å². The average molecular weight is 675 g/mol. The largest absolute Gasteiger partial charge is 0.376 e. The van der Waals surface area contributed by atoms with Crippen LogP contribution in [0.3, 0.4) is 0 Å². The molecule has 2 aliphatic heterocycles. The molecule has 0 amide bonds. The smallest absolute Gasteiger partial charge is 0.182 e. The minimum Gasteiger partial charge on any atom is -0.376 e. The normalized spacial score (nSPS) is 21.9. The van der Waals surface area contributed by atoms with Gasteiger partial charge in [0, 0.05) is 30.9 Å². The fourth-order valence-electron chi connectivity index (χ4n) is 6.17. The molecule has 2 fully saturated rings. The second-order valence-corrected chi connectivity index (χ2v) is 18.2. The number of fused-ring (bicyclic) bond motifs is 2. The van der Waals surface area contributed by atoms with E-state index in [9.17, 15) is 8.42 Å². The molecule has 6 rings (SSSR count). The summed E-state index contributed by atoms with van der Waals surface area (Å²) in [5.41, 5.74) is 1.76. The molecule has 2 aliphatic rings. The molecule has 46 heavy (non-hydrogen) atoms. The summed E-state index contributed by atoms with van der Waals surface area (Å²) in [5, 5.41) is 9.34. The van der Waals surface area contributed by atoms with Crippen molar-refractivity contribution in [3.05, 3.63) is 36.0 Å². The molecule has 0 aliphatic carbocycles. The van der Waals surface area contributed by atoms with Gasteiger partial charge in [0.05, 0.1) is 51.6 Å². The van der Waals surface area contributed by atoms with Crippen molar-refractivity contribution in [3.63, 3.8) is 0 Å². The minimum absolute atomic E-state index is 0.0485. The van der Waals surface area contributed by atoms with Crippen LogP contribution in [0.2, 0.25) is 0 Å². The predicted molar refractivity (Wildman–Crippen MR) is 178 cm³/mol. The maximum Gasteiger partial charge on any atom is 0.182 e. The Bertz CT molecular complexity index is 1820. The highest BCUT2D eigenvalue weighted by atomic mass is 32.2. The van der Waals surface area contributed by atoms with Gasteiger partial charge >= 0.3 is 0 Å². The quantitative estimate of drug-likeness (QED) is 0.306. The van der Waals surface area contributed by atoms with Gasteiger partial charge in [0.15, 0.2) is 28.4 Å². The number of nitrogens with zero attached hydrogens (tertiary/aromatic N) is 7. The van der Waals surface area contributed by atoms with Crippen LogP contribution in [0, 0.1) is 11.2 Å². The number of aryl methyl sites for hydroxylation is 1. The van der Waals surface area contributed by atoms with E-state index < -0.39 is 37.4 Å². The number of hydrogen-bond acceptors (Lipinski definition) is 9. The van der Waals surface area contributed by atoms with Crippen LogP contribution in [-0.4, -0.2) is 79.3 Å². The van der Waals surface area contributed by atoms with Crippen LogP contribution in [0.15, 0.2) is 24.5 Å². The number of hydrogen-bond donors (Lipinski definition) is 1. The topological polar surface area (TPSA) is 129 Å². The number of halogens is 1. The van der Waals surface area contributed by atoms with E-state index in [1.807, 2.05) is 48.5 Å². The first-order chi connectivity index (χ1) is 21.6. The number of aromatic nitrogens is 6. The van der Waals surface area contributed by atoms with Gasteiger partial charge in [-0.3, -0.25) is 8.86 Å². The van der Waals surface area contributed by atoms with Crippen molar-refractivity contribution in [1.82, 2.24) is 34.3 Å². The maximum absolute atomic E-state index is 15.8. The van der Waals surface area contributed by atoms with Crippen LogP contribution in [0.5, 0.6) is 0 Å². The molecule has 250 valence electrons. The Kier molecular flexibility index (Phi) is 8.62. The predicted octanol–water partition coefficient (Wildman–Crippen LogP) is 4.25. The Morgan fingerprint density at radius 2 is 1.78 bits per heavy atom. The molecule has 3 aromatic heterocycles. The second-order valence-electron chi connectivity index (χ2n) is 14.3. The Morgan fingerprint density at radius 1 is 1.07 bits per heavy atom. The van der Waals surface area contributed by atoms with Crippen LogP contribution >= 0.6 is 0 Å². The Balaban J connectivity index is 1.34. The highest BCUT2D eigenvalue weighted by molar-refractivity contribution is 7.84. The zero-order valence-electron chi connectivity index (χ0n) is 27.7. The number of anilines is 1. The summed E-state index contributed by atoms with van der Waals surface area (Å²) < 4.78 is 59.1. The number of ether oxygens (including phenoxy) is 1. The third-order valence-corrected chi connectivity index (χ3v) is 11.8. The molecule has 0 saturated carbocycles. The summed E-state index contributed by atoms with van der Waals surface area (Å²) in [6, 6.07) is 3.39. The van der Waals surface area contributed by atoms with E-state index in [4.69, 9.17) is 18.9 Å². The van der Waals surface area contributed by atoms with Crippen molar-refractivity contribution in [2.75, 3.05) is 24.6 Å². The lowest BCUT2D eigenvalue weighted by molar-refractivity contribution is 0.0973. The maximum atomic E-state index is 15.8. The first kappa shape index (κ1) is 33.1. The molecule has 2 unspecified atom stereocenters. The molecule has 0 bridgehead atoms. The second kappa shape index (κ2) is 12.0. The van der Waals surface area contributed by atoms with Crippen LogP contribution in [0.1, 0.15) is 67.0 Å². The highest BCUT2D eigenvalue weighted by Gasteiger charge is 2.51. The van der Waals surface area contributed by atoms with E-state index >= 15 is 4.39 Å². The van der Waals surface area contributed by atoms with Gasteiger partial charge in [0.25, 0.3) is 0 Å². The van der Waals surface area contributed by atoms with Gasteiger partial charge in [-0.15, -0.1) is 0 Å². The van der Waals surface area contributed by atoms with Gasteiger partial charge in [0.2, 0.25) is 0 Å². The van der Waals surface area contributed by atoms with Gasteiger partial charge < -0.3 is 9.64 Å². The average Bonchev–Trinajstić information content (AvgIpc) is 3.67. The molecule has 0 radical (unpaired) electrons. The van der Waals surface area contributed by atoms with Crippen molar-refractivity contribution in [1.29, 1.82) is 0 Å². The van der Waals surface area contributed by atoms with Gasteiger partial charge in [-0.1, -0.05) is 0 Å². The molecule has 1 spiro atoms. The van der Waals surface area contributed by atoms with E-state index in [0.29, 0.717) is 53.3 Å². The lowest BCUT2D eigenvalue weighted by atomic mass is 9.73. The standard InChI is InChI=1S/C31H43FN8O4S2/c1-19-26(37-45(41)29(2,3)4)31(18-43-19)11-13-39(14-12-31)27-22(17-44-46(42)30(5,6)7)36-28-21(35-27)16-34-40(28)23-10-9-20-15-33-38(8)25(20)24(23)32/h9-10,15-16,19,26,37H,11-14,17-18H2,1-8H3/t19-,26+,45?,46?/m0/s1. The van der Waals surface area contributed by atoms with Gasteiger partial charge in [-0.25, -0.2) is 32.2 Å². The highest BCUT2D eigenvalue weighted by Crippen LogP contribution is 2.44. The minimum atomic E-state index is -1.60. The molecular formula is C31H43FN8O4S2. The number of benzene rings is 1. The zero-order valence-corrected chi connectivity index (χ0v) is 29.3. The van der Waals surface area contributed by atoms with Gasteiger partial charge in [0.1, 0.15) is 29.0 Å². The van der Waals surface area contributed by atoms with E-state index in [0.717, 1.165) is 12.8 Å². The first-order valence-electron chi connectivity index (χ1n) is 15.5. The van der Waals surface area contributed by atoms with Crippen LogP contribution < -0.4 is 9.62 Å². The lowest BCUT2D eigenvalue weighted by Gasteiger charge is -2.43. The molecule has 5 heterocycles. The molecule has 1 aromatic carbocycles. The fraction of sp³-hybridized carbons (Fsp3) is 0.613. The Labute approximate surface area is 273 Å². The fourth-order valence-corrected chi connectivity index (χ4v) is 7.77. The first-order valence-corrected chi connectivity index (χ1v) is 17.8. The lowest BCUT2D eigenvalue weighted by Crippen LogP contribution is -2.55. The van der Waals surface area contributed by atoms with Crippen molar-refractivity contribution in [3.8, 4) is 5.69 Å². The van der Waals surface area contributed by atoms with E-state index in [-0.39, 0.29) is 29.9 Å². The third-order valence-electron chi connectivity index (χ3n) is 8.91. The Morgan fingerprint density at radius 3 is 2.46 bits per heavy atom. The van der Waals surface area contributed by atoms with E-state index in [1.54, 1.807) is 31.6 Å². The zero-order chi connectivity index (χ0) is 33.2. The summed E-state index contributed by atoms with van der Waals surface area (Å²) in [4.78, 5) is 12.1. The summed E-state index contributed by atoms with van der Waals surface area (Å²) in [6.07, 6.45) is 4.71. The Hall–Kier alpha value is -2.85. The molecule has 12 nitrogen and oxygen atoms in total. The molecule has 2 saturated heterocycles. The molecule has 15 heteroatoms. The van der Waals surface area contributed by atoms with Crippen molar-refractivity contribution in [2.24, 2.45) is 12.5 Å². The van der Waals surface area contributed by atoms with E-state index in [2.05, 4.69) is 19.8 Å². The monoisotopic (exact) mass is 674 g/mol. The van der Waals surface area contributed by atoms with Gasteiger partial charge in [-0.05, 0) is 73.4 Å². The SMILES string of the molecule is C[C@@H]1OCC2(CCN(c3nc4cnn(-c5ccc6cnn(C)c6c5F)c4nc3COS(=O)C(C)(C)C)CC2)[C@@H]1NS(=O)C(C)(C)C. The molecule has 4 aromatic rings. The van der Waals surface area contributed by atoms with Crippen LogP contribution in [0.4, 0.5) is 10.2 Å². The van der Waals surface area contributed by atoms with Crippen LogP contribution in [0.25, 0.3) is 27.8 Å². The summed E-state index contributed by atoms with van der Waals surface area (Å²) >= 11 is -1.60. The third kappa shape index (κ3) is 6.00. The van der Waals surface area contributed by atoms with Crippen LogP contribution in [-0.2, 0) is 44.6 Å². The molecule has 4 atom stereocenters. The van der Waals surface area contributed by atoms with Gasteiger partial charge in [-0.2, -0.15) is 10.2 Å².